The van der Waals surface area contributed by atoms with E-state index >= 15 is 0 Å². The van der Waals surface area contributed by atoms with Gasteiger partial charge in [0.25, 0.3) is 5.91 Å². The minimum absolute atomic E-state index is 0.0345. The number of aliphatic imine (C=N–C) groups is 1. The molecule has 1 aliphatic carbocycles. The Morgan fingerprint density at radius 2 is 1.89 bits per heavy atom. The van der Waals surface area contributed by atoms with Crippen LogP contribution < -0.4 is 20.9 Å². The van der Waals surface area contributed by atoms with Gasteiger partial charge < -0.3 is 20.9 Å². The van der Waals surface area contributed by atoms with Crippen molar-refractivity contribution in [2.45, 2.75) is 59.0 Å². The van der Waals surface area contributed by atoms with E-state index in [0.29, 0.717) is 30.3 Å². The summed E-state index contributed by atoms with van der Waals surface area (Å²) in [7, 11) is 0. The van der Waals surface area contributed by atoms with E-state index in [1.807, 2.05) is 57.2 Å². The lowest BCUT2D eigenvalue weighted by molar-refractivity contribution is -0.130. The van der Waals surface area contributed by atoms with E-state index in [-0.39, 0.29) is 12.3 Å². The van der Waals surface area contributed by atoms with Crippen LogP contribution in [0.25, 0.3) is 0 Å². The van der Waals surface area contributed by atoms with Gasteiger partial charge in [0.2, 0.25) is 6.17 Å². The highest BCUT2D eigenvalue weighted by Gasteiger charge is 2.45. The summed E-state index contributed by atoms with van der Waals surface area (Å²) in [6.07, 6.45) is 3.21. The summed E-state index contributed by atoms with van der Waals surface area (Å²) in [5, 5.41) is 9.06. The van der Waals surface area contributed by atoms with E-state index < -0.39 is 23.5 Å². The van der Waals surface area contributed by atoms with Crippen molar-refractivity contribution in [1.82, 2.24) is 10.6 Å². The van der Waals surface area contributed by atoms with Crippen LogP contribution in [0.5, 0.6) is 0 Å². The summed E-state index contributed by atoms with van der Waals surface area (Å²) in [6.45, 7) is 7.45. The van der Waals surface area contributed by atoms with E-state index in [4.69, 9.17) is 4.99 Å². The fourth-order valence-corrected chi connectivity index (χ4v) is 6.15. The molecule has 2 aromatic carbocycles. The zero-order chi connectivity index (χ0) is 26.9. The molecule has 0 radical (unpaired) electrons. The fourth-order valence-electron chi connectivity index (χ4n) is 6.15. The standard InChI is InChI=1S/C30H37N5O3/c1-4-24-23-10-6-8-20(3)26(23)35(17-25(36)30-13-11-21(12-14-30)16-31-18-30)28(37)27(33-24)34-29(38)32-22-9-5-7-19(2)15-22/h5-10,15,21,27,31H,4,11-14,16-18H2,1-3H3,(H2,32,34,38). The Balaban J connectivity index is 1.46. The average molecular weight is 516 g/mol. The Morgan fingerprint density at radius 1 is 1.13 bits per heavy atom. The van der Waals surface area contributed by atoms with Gasteiger partial charge >= 0.3 is 6.03 Å². The number of fused-ring (bicyclic) bond motifs is 5. The number of nitrogens with one attached hydrogen (secondary N) is 3. The first-order valence-electron chi connectivity index (χ1n) is 13.7. The van der Waals surface area contributed by atoms with Crippen LogP contribution >= 0.6 is 0 Å². The van der Waals surface area contributed by atoms with Crippen LogP contribution in [-0.2, 0) is 9.59 Å². The minimum atomic E-state index is -1.14. The summed E-state index contributed by atoms with van der Waals surface area (Å²) in [5.41, 5.74) is 4.35. The lowest BCUT2D eigenvalue weighted by Gasteiger charge is -2.37. The number of hydrogen-bond acceptors (Lipinski definition) is 5. The first-order valence-corrected chi connectivity index (χ1v) is 13.7. The zero-order valence-electron chi connectivity index (χ0n) is 22.5. The summed E-state index contributed by atoms with van der Waals surface area (Å²) < 4.78 is 0. The molecule has 1 saturated carbocycles. The Hall–Kier alpha value is -3.52. The van der Waals surface area contributed by atoms with Crippen LogP contribution in [0.1, 0.15) is 55.7 Å². The lowest BCUT2D eigenvalue weighted by Crippen LogP contribution is -2.52. The van der Waals surface area contributed by atoms with Crippen molar-refractivity contribution in [3.05, 3.63) is 59.2 Å². The van der Waals surface area contributed by atoms with Gasteiger partial charge in [-0.05, 0) is 81.7 Å². The van der Waals surface area contributed by atoms with Gasteiger partial charge in [0, 0.05) is 28.9 Å². The molecule has 2 aromatic rings. The predicted molar refractivity (Wildman–Crippen MR) is 150 cm³/mol. The van der Waals surface area contributed by atoms with E-state index in [9.17, 15) is 14.4 Å². The number of anilines is 2. The summed E-state index contributed by atoms with van der Waals surface area (Å²) in [5.74, 6) is 0.307. The molecule has 0 spiro atoms. The smallest absolute Gasteiger partial charge is 0.315 e. The normalized spacial score (nSPS) is 24.7. The molecule has 3 fully saturated rings. The molecule has 1 unspecified atom stereocenters. The Labute approximate surface area is 224 Å². The molecule has 2 saturated heterocycles. The van der Waals surface area contributed by atoms with Gasteiger partial charge in [-0.2, -0.15) is 0 Å². The fraction of sp³-hybridized carbons (Fsp3) is 0.467. The maximum Gasteiger partial charge on any atom is 0.321 e. The van der Waals surface area contributed by atoms with Gasteiger partial charge in [0.1, 0.15) is 0 Å². The Kier molecular flexibility index (Phi) is 7.34. The number of ketones is 1. The Bertz CT molecular complexity index is 1270. The molecule has 0 aromatic heterocycles. The molecular formula is C30H37N5O3. The molecule has 8 heteroatoms. The number of aryl methyl sites for hydroxylation is 2. The number of carbonyl (C=O) groups excluding carboxylic acids is 3. The highest BCUT2D eigenvalue weighted by atomic mass is 16.2. The van der Waals surface area contributed by atoms with Gasteiger partial charge in [-0.1, -0.05) is 37.3 Å². The van der Waals surface area contributed by atoms with Crippen LogP contribution in [-0.4, -0.2) is 49.2 Å². The molecule has 4 aliphatic rings. The SMILES string of the molecule is CCC1=NC(NC(=O)Nc2cccc(C)c2)C(=O)N(CC(=O)C23CCC(CC2)CNC3)c2c(C)cccc21. The van der Waals surface area contributed by atoms with Gasteiger partial charge in [-0.3, -0.25) is 14.6 Å². The highest BCUT2D eigenvalue weighted by molar-refractivity contribution is 6.15. The van der Waals surface area contributed by atoms with Crippen LogP contribution in [0.4, 0.5) is 16.2 Å². The second-order valence-electron chi connectivity index (χ2n) is 11.0. The first kappa shape index (κ1) is 26.1. The largest absolute Gasteiger partial charge is 0.321 e. The molecule has 6 rings (SSSR count). The van der Waals surface area contributed by atoms with Crippen LogP contribution in [0.15, 0.2) is 47.5 Å². The first-order chi connectivity index (χ1) is 18.3. The second kappa shape index (κ2) is 10.7. The molecule has 2 bridgehead atoms. The van der Waals surface area contributed by atoms with Crippen molar-refractivity contribution in [1.29, 1.82) is 0 Å². The molecular weight excluding hydrogens is 478 g/mol. The van der Waals surface area contributed by atoms with Gasteiger partial charge in [0.15, 0.2) is 5.78 Å². The third kappa shape index (κ3) is 5.10. The molecule has 8 nitrogen and oxygen atoms in total. The van der Waals surface area contributed by atoms with Crippen molar-refractivity contribution in [2.75, 3.05) is 29.9 Å². The number of benzodiazepines with no additional fused rings is 1. The number of benzene rings is 2. The van der Waals surface area contributed by atoms with Gasteiger partial charge in [-0.25, -0.2) is 4.79 Å². The summed E-state index contributed by atoms with van der Waals surface area (Å²) in [4.78, 5) is 47.3. The van der Waals surface area contributed by atoms with Crippen LogP contribution in [0.3, 0.4) is 0 Å². The number of nitrogens with zero attached hydrogens (tertiary/aromatic N) is 2. The number of rotatable bonds is 6. The predicted octanol–water partition coefficient (Wildman–Crippen LogP) is 4.35. The number of Topliss-reactive ketones (excluding diaryl/α,β-unsaturated/α-hetero) is 1. The highest BCUT2D eigenvalue weighted by Crippen LogP contribution is 2.42. The molecule has 1 atom stereocenters. The zero-order valence-corrected chi connectivity index (χ0v) is 22.5. The topological polar surface area (TPSA) is 103 Å². The molecule has 38 heavy (non-hydrogen) atoms. The summed E-state index contributed by atoms with van der Waals surface area (Å²) in [6, 6.07) is 12.8. The maximum absolute atomic E-state index is 14.1. The number of carbonyl (C=O) groups is 3. The van der Waals surface area contributed by atoms with E-state index in [1.54, 1.807) is 11.0 Å². The number of para-hydroxylation sites is 1. The van der Waals surface area contributed by atoms with Crippen molar-refractivity contribution in [2.24, 2.45) is 16.3 Å². The number of urea groups is 1. The Morgan fingerprint density at radius 3 is 2.63 bits per heavy atom. The van der Waals surface area contributed by atoms with Crippen molar-refractivity contribution in [3.8, 4) is 0 Å². The van der Waals surface area contributed by atoms with Crippen molar-refractivity contribution in [3.63, 3.8) is 0 Å². The van der Waals surface area contributed by atoms with Crippen molar-refractivity contribution >= 4 is 34.8 Å². The quantitative estimate of drug-likeness (QED) is 0.532. The third-order valence-electron chi connectivity index (χ3n) is 8.33. The van der Waals surface area contributed by atoms with Crippen LogP contribution in [0, 0.1) is 25.2 Å². The third-order valence-corrected chi connectivity index (χ3v) is 8.33. The number of amides is 3. The van der Waals surface area contributed by atoms with Crippen LogP contribution in [0.2, 0.25) is 0 Å². The van der Waals surface area contributed by atoms with E-state index in [1.165, 1.54) is 0 Å². The second-order valence-corrected chi connectivity index (χ2v) is 11.0. The monoisotopic (exact) mass is 515 g/mol. The molecule has 3 heterocycles. The molecule has 3 aliphatic heterocycles. The molecule has 3 amide bonds. The molecule has 3 N–H and O–H groups in total. The van der Waals surface area contributed by atoms with Gasteiger partial charge in [0.05, 0.1) is 12.2 Å². The average Bonchev–Trinajstić information content (AvgIpc) is 3.28. The lowest BCUT2D eigenvalue weighted by atomic mass is 9.69. The molecule has 200 valence electrons. The van der Waals surface area contributed by atoms with Crippen molar-refractivity contribution < 1.29 is 14.4 Å². The van der Waals surface area contributed by atoms with E-state index in [2.05, 4.69) is 16.0 Å². The maximum atomic E-state index is 14.1. The van der Waals surface area contributed by atoms with Gasteiger partial charge in [-0.15, -0.1) is 0 Å². The number of hydrogen-bond donors (Lipinski definition) is 3. The van der Waals surface area contributed by atoms with E-state index in [0.717, 1.165) is 54.6 Å². The minimum Gasteiger partial charge on any atom is -0.315 e. The summed E-state index contributed by atoms with van der Waals surface area (Å²) >= 11 is 0.